The van der Waals surface area contributed by atoms with Crippen LogP contribution in [0.1, 0.15) is 43.9 Å². The van der Waals surface area contributed by atoms with Crippen LogP contribution in [0, 0.1) is 0 Å². The molecule has 28 heavy (non-hydrogen) atoms. The van der Waals surface area contributed by atoms with Gasteiger partial charge in [-0.05, 0) is 74.6 Å². The first-order valence-corrected chi connectivity index (χ1v) is 9.50. The van der Waals surface area contributed by atoms with Crippen molar-refractivity contribution in [3.05, 3.63) is 53.1 Å². The molecule has 0 saturated carbocycles. The van der Waals surface area contributed by atoms with Crippen molar-refractivity contribution in [2.45, 2.75) is 51.1 Å². The fourth-order valence-corrected chi connectivity index (χ4v) is 2.97. The molecule has 2 aromatic carbocycles. The molecule has 0 aliphatic heterocycles. The van der Waals surface area contributed by atoms with Gasteiger partial charge in [-0.3, -0.25) is 0 Å². The van der Waals surface area contributed by atoms with Gasteiger partial charge in [-0.15, -0.1) is 11.6 Å². The third-order valence-corrected chi connectivity index (χ3v) is 4.66. The van der Waals surface area contributed by atoms with E-state index in [0.29, 0.717) is 25.1 Å². The second-order valence-electron chi connectivity index (χ2n) is 7.45. The van der Waals surface area contributed by atoms with Crippen molar-refractivity contribution < 1.29 is 20.1 Å². The zero-order chi connectivity index (χ0) is 20.9. The van der Waals surface area contributed by atoms with E-state index in [4.69, 9.17) is 16.7 Å². The molecule has 0 bridgehead atoms. The first-order chi connectivity index (χ1) is 13.0. The Labute approximate surface area is 170 Å². The Bertz CT molecular complexity index is 834. The highest BCUT2D eigenvalue weighted by atomic mass is 35.5. The third kappa shape index (κ3) is 6.53. The van der Waals surface area contributed by atoms with Gasteiger partial charge in [0.2, 0.25) is 0 Å². The van der Waals surface area contributed by atoms with Crippen LogP contribution in [-0.2, 0) is 17.8 Å². The first-order valence-electron chi connectivity index (χ1n) is 9.12. The molecule has 0 saturated heterocycles. The summed E-state index contributed by atoms with van der Waals surface area (Å²) >= 11 is 6.33. The van der Waals surface area contributed by atoms with Crippen molar-refractivity contribution in [2.24, 2.45) is 0 Å². The number of phenolic OH excluding ortho intramolecular Hbond substituents is 2. The highest BCUT2D eigenvalue weighted by molar-refractivity contribution is 6.23. The van der Waals surface area contributed by atoms with Gasteiger partial charge in [0.25, 0.3) is 0 Å². The lowest BCUT2D eigenvalue weighted by Crippen LogP contribution is -2.31. The van der Waals surface area contributed by atoms with Crippen LogP contribution >= 0.6 is 11.6 Å². The number of hydrogen-bond acceptors (Lipinski definition) is 4. The summed E-state index contributed by atoms with van der Waals surface area (Å²) < 4.78 is 0. The number of aryl methyl sites for hydroxylation is 1. The Hall–Kier alpha value is -2.60. The fraction of sp³-hybridized carbons (Fsp3) is 0.381. The van der Waals surface area contributed by atoms with E-state index in [2.05, 4.69) is 10.6 Å². The van der Waals surface area contributed by atoms with Gasteiger partial charge in [-0.25, -0.2) is 4.79 Å². The minimum Gasteiger partial charge on any atom is -0.508 e. The summed E-state index contributed by atoms with van der Waals surface area (Å²) in [6.07, 6.45) is 0.247. The number of carbonyl (C=O) groups is 1. The summed E-state index contributed by atoms with van der Waals surface area (Å²) in [4.78, 5) is 10.0. The summed E-state index contributed by atoms with van der Waals surface area (Å²) in [5, 5.41) is 34.5. The van der Waals surface area contributed by atoms with Crippen LogP contribution in [0.15, 0.2) is 36.4 Å². The minimum atomic E-state index is -1.04. The predicted molar refractivity (Wildman–Crippen MR) is 111 cm³/mol. The van der Waals surface area contributed by atoms with Crippen LogP contribution in [0.3, 0.4) is 0 Å². The topological polar surface area (TPSA) is 102 Å². The molecule has 0 aliphatic rings. The number of alkyl halides is 1. The molecule has 5 N–H and O–H groups in total. The summed E-state index contributed by atoms with van der Waals surface area (Å²) in [7, 11) is 0. The number of carboxylic acid groups (broad SMARTS) is 1. The highest BCUT2D eigenvalue weighted by Crippen LogP contribution is 2.32. The van der Waals surface area contributed by atoms with E-state index >= 15 is 0 Å². The lowest BCUT2D eigenvalue weighted by molar-refractivity contribution is 0.190. The number of phenols is 2. The second kappa shape index (κ2) is 9.06. The molecule has 152 valence electrons. The van der Waals surface area contributed by atoms with Gasteiger partial charge in [0.1, 0.15) is 11.5 Å². The second-order valence-corrected chi connectivity index (χ2v) is 8.40. The molecule has 7 heteroatoms. The number of aromatic hydroxyl groups is 2. The van der Waals surface area contributed by atoms with E-state index in [-0.39, 0.29) is 17.5 Å². The van der Waals surface area contributed by atoms with E-state index in [1.807, 2.05) is 26.0 Å². The van der Waals surface area contributed by atoms with Crippen molar-refractivity contribution in [2.75, 3.05) is 5.32 Å². The van der Waals surface area contributed by atoms with Crippen molar-refractivity contribution in [3.63, 3.8) is 0 Å². The molecular weight excluding hydrogens is 380 g/mol. The largest absolute Gasteiger partial charge is 0.508 e. The molecule has 1 atom stereocenters. The number of benzene rings is 2. The van der Waals surface area contributed by atoms with E-state index in [1.54, 1.807) is 31.2 Å². The predicted octanol–water partition coefficient (Wildman–Crippen LogP) is 4.77. The van der Waals surface area contributed by atoms with Gasteiger partial charge in [0.05, 0.1) is 10.6 Å². The van der Waals surface area contributed by atoms with Crippen molar-refractivity contribution >= 4 is 23.4 Å². The Kier molecular flexibility index (Phi) is 7.02. The number of rotatable bonds is 8. The van der Waals surface area contributed by atoms with E-state index in [0.717, 1.165) is 16.7 Å². The van der Waals surface area contributed by atoms with Crippen LogP contribution in [0.2, 0.25) is 0 Å². The lowest BCUT2D eigenvalue weighted by Gasteiger charge is -2.18. The molecule has 0 unspecified atom stereocenters. The Morgan fingerprint density at radius 3 is 2.46 bits per heavy atom. The van der Waals surface area contributed by atoms with Crippen LogP contribution in [-0.4, -0.2) is 27.5 Å². The van der Waals surface area contributed by atoms with Gasteiger partial charge >= 0.3 is 6.09 Å². The number of amides is 1. The van der Waals surface area contributed by atoms with Crippen molar-refractivity contribution in [1.82, 2.24) is 5.32 Å². The first kappa shape index (κ1) is 21.7. The Balaban J connectivity index is 2.00. The normalized spacial score (nSPS) is 12.4. The Morgan fingerprint density at radius 1 is 1.14 bits per heavy atom. The van der Waals surface area contributed by atoms with Gasteiger partial charge in [-0.2, -0.15) is 0 Å². The number of hydrogen-bond donors (Lipinski definition) is 5. The third-order valence-electron chi connectivity index (χ3n) is 4.45. The molecule has 2 aromatic rings. The number of anilines is 1. The molecule has 0 fully saturated rings. The summed E-state index contributed by atoms with van der Waals surface area (Å²) in [6, 6.07) is 10.4. The summed E-state index contributed by atoms with van der Waals surface area (Å²) in [6.45, 7) is 5.94. The summed E-state index contributed by atoms with van der Waals surface area (Å²) in [5.41, 5.74) is 3.16. The average Bonchev–Trinajstić information content (AvgIpc) is 2.57. The summed E-state index contributed by atoms with van der Waals surface area (Å²) in [5.74, 6) is 0.265. The Morgan fingerprint density at radius 2 is 1.86 bits per heavy atom. The van der Waals surface area contributed by atoms with E-state index in [1.165, 1.54) is 0 Å². The molecule has 0 spiro atoms. The average molecular weight is 407 g/mol. The fourth-order valence-electron chi connectivity index (χ4n) is 2.86. The molecule has 0 aromatic heterocycles. The van der Waals surface area contributed by atoms with Crippen LogP contribution in [0.4, 0.5) is 10.5 Å². The van der Waals surface area contributed by atoms with Crippen molar-refractivity contribution in [3.8, 4) is 11.5 Å². The number of nitrogens with one attached hydrogen (secondary N) is 2. The molecule has 0 aliphatic carbocycles. The van der Waals surface area contributed by atoms with Gasteiger partial charge < -0.3 is 26.0 Å². The van der Waals surface area contributed by atoms with E-state index < -0.39 is 11.0 Å². The van der Waals surface area contributed by atoms with Crippen LogP contribution in [0.5, 0.6) is 11.5 Å². The maximum absolute atomic E-state index is 10.6. The highest BCUT2D eigenvalue weighted by Gasteiger charge is 2.18. The van der Waals surface area contributed by atoms with Gasteiger partial charge in [0.15, 0.2) is 0 Å². The maximum Gasteiger partial charge on any atom is 0.404 e. The number of halogens is 1. The van der Waals surface area contributed by atoms with Crippen molar-refractivity contribution in [1.29, 1.82) is 0 Å². The van der Waals surface area contributed by atoms with Crippen LogP contribution in [0.25, 0.3) is 0 Å². The standard InChI is InChI=1S/C21H27ClN2O4/c1-13(24-20(27)28)4-5-14-6-7-18(19(26)10-14)23-12-15-8-16(21(2,3)22)11-17(25)9-15/h6-11,13,23-26H,4-5,12H2,1-3H3,(H,27,28)/t13-/m0/s1. The van der Waals surface area contributed by atoms with E-state index in [9.17, 15) is 15.0 Å². The molecule has 0 radical (unpaired) electrons. The smallest absolute Gasteiger partial charge is 0.404 e. The molecule has 6 nitrogen and oxygen atoms in total. The maximum atomic E-state index is 10.6. The monoisotopic (exact) mass is 406 g/mol. The van der Waals surface area contributed by atoms with Crippen LogP contribution < -0.4 is 10.6 Å². The molecule has 1 amide bonds. The molecule has 2 rings (SSSR count). The SMILES string of the molecule is C[C@@H](CCc1ccc(NCc2cc(O)cc(C(C)(C)Cl)c2)c(O)c1)NC(=O)O. The zero-order valence-electron chi connectivity index (χ0n) is 16.3. The quantitative estimate of drug-likeness (QED) is 0.321. The lowest BCUT2D eigenvalue weighted by atomic mass is 9.99. The van der Waals surface area contributed by atoms with Gasteiger partial charge in [-0.1, -0.05) is 12.1 Å². The zero-order valence-corrected chi connectivity index (χ0v) is 17.0. The minimum absolute atomic E-state index is 0.120. The van der Waals surface area contributed by atoms with Gasteiger partial charge in [0, 0.05) is 12.6 Å². The molecule has 0 heterocycles. The molecular formula is C21H27ClN2O4.